The average Bonchev–Trinajstić information content (AvgIpc) is 2.67. The number of rotatable bonds is 1. The summed E-state index contributed by atoms with van der Waals surface area (Å²) in [6.45, 7) is 0. The van der Waals surface area contributed by atoms with Gasteiger partial charge in [0.05, 0.1) is 4.53 Å². The lowest BCUT2D eigenvalue weighted by atomic mass is 10.3. The van der Waals surface area contributed by atoms with Gasteiger partial charge in [-0.2, -0.15) is 14.6 Å². The molecule has 3 aromatic rings. The summed E-state index contributed by atoms with van der Waals surface area (Å²) in [4.78, 5) is 31.0. The number of hydrogen-bond acceptors (Lipinski definition) is 6. The summed E-state index contributed by atoms with van der Waals surface area (Å²) >= 11 is 1.13. The maximum atomic E-state index is 12.0. The van der Waals surface area contributed by atoms with Crippen LogP contribution in [-0.2, 0) is 0 Å². The second-order valence-electron chi connectivity index (χ2n) is 3.49. The Hall–Kier alpha value is -2.41. The third-order valence-corrected chi connectivity index (χ3v) is 3.22. The van der Waals surface area contributed by atoms with Crippen LogP contribution in [-0.4, -0.2) is 19.6 Å². The summed E-state index contributed by atoms with van der Waals surface area (Å²) in [7, 11) is 0. The fraction of sp³-hybridized carbons (Fsp3) is 0. The van der Waals surface area contributed by atoms with Crippen molar-refractivity contribution in [3.8, 4) is 0 Å². The lowest BCUT2D eigenvalue weighted by Gasteiger charge is -1.86. The minimum absolute atomic E-state index is 0.286. The summed E-state index contributed by atoms with van der Waals surface area (Å²) in [6.07, 6.45) is 6.02. The van der Waals surface area contributed by atoms with Crippen molar-refractivity contribution >= 4 is 22.4 Å². The van der Waals surface area contributed by atoms with Crippen molar-refractivity contribution in [1.29, 1.82) is 0 Å². The van der Waals surface area contributed by atoms with Crippen molar-refractivity contribution in [1.82, 2.24) is 19.6 Å². The Morgan fingerprint density at radius 2 is 2.17 bits per heavy atom. The van der Waals surface area contributed by atoms with E-state index in [0.717, 1.165) is 27.6 Å². The van der Waals surface area contributed by atoms with Gasteiger partial charge in [0, 0.05) is 12.4 Å². The molecule has 0 atom stereocenters. The van der Waals surface area contributed by atoms with Gasteiger partial charge in [-0.3, -0.25) is 14.6 Å². The van der Waals surface area contributed by atoms with Crippen LogP contribution in [0.3, 0.4) is 0 Å². The van der Waals surface area contributed by atoms with E-state index in [4.69, 9.17) is 0 Å². The summed E-state index contributed by atoms with van der Waals surface area (Å²) in [5, 5.41) is 3.75. The predicted molar refractivity (Wildman–Crippen MR) is 66.4 cm³/mol. The van der Waals surface area contributed by atoms with Crippen molar-refractivity contribution in [2.45, 2.75) is 0 Å². The number of fused-ring (bicyclic) bond motifs is 1. The molecule has 0 aliphatic carbocycles. The van der Waals surface area contributed by atoms with Crippen LogP contribution < -0.4 is 15.7 Å². The van der Waals surface area contributed by atoms with Crippen molar-refractivity contribution in [3.63, 3.8) is 0 Å². The highest BCUT2D eigenvalue weighted by Gasteiger charge is 2.05. The zero-order valence-corrected chi connectivity index (χ0v) is 9.79. The normalized spacial score (nSPS) is 12.1. The Labute approximate surface area is 104 Å². The first-order valence-electron chi connectivity index (χ1n) is 5.05. The van der Waals surface area contributed by atoms with E-state index in [2.05, 4.69) is 15.1 Å². The zero-order chi connectivity index (χ0) is 12.5. The lowest BCUT2D eigenvalue weighted by molar-refractivity contribution is 0.866. The zero-order valence-electron chi connectivity index (χ0n) is 8.98. The molecule has 3 aromatic heterocycles. The summed E-state index contributed by atoms with van der Waals surface area (Å²) < 4.78 is 1.59. The largest absolute Gasteiger partial charge is 0.292 e. The van der Waals surface area contributed by atoms with E-state index in [0.29, 0.717) is 9.49 Å². The van der Waals surface area contributed by atoms with Crippen LogP contribution in [0, 0.1) is 0 Å². The van der Waals surface area contributed by atoms with Crippen molar-refractivity contribution in [2.75, 3.05) is 0 Å². The molecular formula is C11H6N4O2S. The molecule has 0 aliphatic heterocycles. The van der Waals surface area contributed by atoms with Gasteiger partial charge in [-0.25, -0.2) is 0 Å². The molecule has 0 spiro atoms. The third kappa shape index (κ3) is 1.80. The van der Waals surface area contributed by atoms with Crippen LogP contribution in [0.2, 0.25) is 0 Å². The van der Waals surface area contributed by atoms with Gasteiger partial charge in [0.1, 0.15) is 6.20 Å². The Balaban J connectivity index is 2.31. The molecule has 88 valence electrons. The number of thiazole rings is 1. The molecule has 0 saturated heterocycles. The van der Waals surface area contributed by atoms with Gasteiger partial charge in [-0.15, -0.1) is 0 Å². The van der Waals surface area contributed by atoms with Gasteiger partial charge in [0.2, 0.25) is 4.96 Å². The monoisotopic (exact) mass is 258 g/mol. The molecule has 0 fully saturated rings. The predicted octanol–water partition coefficient (Wildman–Crippen LogP) is -0.546. The molecule has 0 aromatic carbocycles. The second kappa shape index (κ2) is 4.11. The average molecular weight is 258 g/mol. The quantitative estimate of drug-likeness (QED) is 0.585. The first-order valence-corrected chi connectivity index (χ1v) is 5.86. The smallest absolute Gasteiger partial charge is 0.266 e. The molecule has 0 radical (unpaired) electrons. The molecule has 0 N–H and O–H groups in total. The van der Waals surface area contributed by atoms with Gasteiger partial charge >= 0.3 is 0 Å². The Bertz CT molecular complexity index is 869. The summed E-state index contributed by atoms with van der Waals surface area (Å²) in [5.41, 5.74) is 0.0691. The minimum Gasteiger partial charge on any atom is -0.266 e. The van der Waals surface area contributed by atoms with Gasteiger partial charge < -0.3 is 0 Å². The fourth-order valence-electron chi connectivity index (χ4n) is 1.48. The number of hydrogen-bond donors (Lipinski definition) is 0. The number of pyridine rings is 1. The Kier molecular flexibility index (Phi) is 2.45. The molecule has 3 heterocycles. The van der Waals surface area contributed by atoms with Gasteiger partial charge in [0.25, 0.3) is 11.1 Å². The van der Waals surface area contributed by atoms with Crippen molar-refractivity contribution in [3.05, 3.63) is 61.5 Å². The van der Waals surface area contributed by atoms with E-state index in [1.807, 2.05) is 6.07 Å². The number of nitrogens with zero attached hydrogens (tertiary/aromatic N) is 4. The van der Waals surface area contributed by atoms with E-state index in [-0.39, 0.29) is 5.56 Å². The second-order valence-corrected chi connectivity index (χ2v) is 4.50. The lowest BCUT2D eigenvalue weighted by Crippen LogP contribution is -2.25. The van der Waals surface area contributed by atoms with Crippen LogP contribution in [0.4, 0.5) is 0 Å². The van der Waals surface area contributed by atoms with Crippen molar-refractivity contribution in [2.24, 2.45) is 0 Å². The van der Waals surface area contributed by atoms with Crippen LogP contribution >= 0.6 is 11.3 Å². The fourth-order valence-corrected chi connectivity index (χ4v) is 2.40. The molecule has 0 aliphatic rings. The molecular weight excluding hydrogens is 252 g/mol. The highest BCUT2D eigenvalue weighted by Crippen LogP contribution is 1.98. The summed E-state index contributed by atoms with van der Waals surface area (Å²) in [5.74, 6) is 0. The number of aromatic nitrogens is 4. The molecule has 0 amide bonds. The van der Waals surface area contributed by atoms with E-state index < -0.39 is 5.56 Å². The van der Waals surface area contributed by atoms with E-state index in [1.165, 1.54) is 0 Å². The van der Waals surface area contributed by atoms with Crippen LogP contribution in [0.5, 0.6) is 0 Å². The van der Waals surface area contributed by atoms with Gasteiger partial charge in [-0.05, 0) is 17.7 Å². The molecule has 0 unspecified atom stereocenters. The van der Waals surface area contributed by atoms with E-state index in [1.54, 1.807) is 24.5 Å². The molecule has 0 saturated carbocycles. The first-order chi connectivity index (χ1) is 8.74. The van der Waals surface area contributed by atoms with Gasteiger partial charge in [0.15, 0.2) is 0 Å². The highest BCUT2D eigenvalue weighted by molar-refractivity contribution is 7.15. The molecule has 18 heavy (non-hydrogen) atoms. The molecule has 7 heteroatoms. The maximum Gasteiger partial charge on any atom is 0.292 e. The SMILES string of the molecule is O=c1cnn2c(=O)c(=Cc3cccnc3)sc2n1. The maximum absolute atomic E-state index is 12.0. The van der Waals surface area contributed by atoms with Crippen molar-refractivity contribution < 1.29 is 0 Å². The molecule has 3 rings (SSSR count). The summed E-state index contributed by atoms with van der Waals surface area (Å²) in [6, 6.07) is 3.62. The molecule has 0 bridgehead atoms. The van der Waals surface area contributed by atoms with Crippen LogP contribution in [0.15, 0.2) is 40.3 Å². The minimum atomic E-state index is -0.454. The topological polar surface area (TPSA) is 77.2 Å². The van der Waals surface area contributed by atoms with E-state index >= 15 is 0 Å². The first kappa shape index (κ1) is 10.7. The van der Waals surface area contributed by atoms with E-state index in [9.17, 15) is 9.59 Å². The molecule has 6 nitrogen and oxygen atoms in total. The Morgan fingerprint density at radius 1 is 1.28 bits per heavy atom. The van der Waals surface area contributed by atoms with Gasteiger partial charge in [-0.1, -0.05) is 17.4 Å². The van der Waals surface area contributed by atoms with Crippen LogP contribution in [0.25, 0.3) is 11.0 Å². The Morgan fingerprint density at radius 3 is 2.94 bits per heavy atom. The third-order valence-electron chi connectivity index (χ3n) is 2.26. The van der Waals surface area contributed by atoms with Crippen LogP contribution in [0.1, 0.15) is 5.56 Å². The standard InChI is InChI=1S/C11H6N4O2S/c16-9-6-13-15-10(17)8(18-11(15)14-9)4-7-2-1-3-12-5-7/h1-6H. The highest BCUT2D eigenvalue weighted by atomic mass is 32.1.